The van der Waals surface area contributed by atoms with Crippen LogP contribution in [0.2, 0.25) is 0 Å². The molecule has 1 aliphatic rings. The van der Waals surface area contributed by atoms with Gasteiger partial charge in [0, 0.05) is 5.54 Å². The number of nitrogens with two attached hydrogens (primary N) is 1. The lowest BCUT2D eigenvalue weighted by atomic mass is 9.80. The van der Waals surface area contributed by atoms with Crippen LogP contribution in [0.5, 0.6) is 0 Å². The molecule has 3 N–H and O–H groups in total. The van der Waals surface area contributed by atoms with Crippen molar-refractivity contribution in [2.24, 2.45) is 5.73 Å². The summed E-state index contributed by atoms with van der Waals surface area (Å²) >= 11 is 0. The third-order valence-corrected chi connectivity index (χ3v) is 2.83. The lowest BCUT2D eigenvalue weighted by Gasteiger charge is -2.32. The quantitative estimate of drug-likeness (QED) is 0.685. The Bertz CT molecular complexity index is 210. The maximum atomic E-state index is 11.4. The van der Waals surface area contributed by atoms with Crippen molar-refractivity contribution in [1.82, 2.24) is 0 Å². The van der Waals surface area contributed by atoms with Crippen molar-refractivity contribution in [2.75, 3.05) is 6.61 Å². The molecule has 1 fully saturated rings. The van der Waals surface area contributed by atoms with Gasteiger partial charge < -0.3 is 15.6 Å². The molecular formula is C11H21NO3. The predicted octanol–water partition coefficient (Wildman–Crippen LogP) is 0.962. The molecule has 0 aliphatic heterocycles. The molecule has 4 nitrogen and oxygen atoms in total. The van der Waals surface area contributed by atoms with E-state index in [9.17, 15) is 4.79 Å². The summed E-state index contributed by atoms with van der Waals surface area (Å²) in [4.78, 5) is 11.4. The van der Waals surface area contributed by atoms with E-state index < -0.39 is 6.10 Å². The minimum absolute atomic E-state index is 0.0644. The molecule has 0 aromatic carbocycles. The average Bonchev–Trinajstić information content (AvgIpc) is 2.15. The second kappa shape index (κ2) is 5.47. The van der Waals surface area contributed by atoms with E-state index in [1.165, 1.54) is 6.42 Å². The average molecular weight is 215 g/mol. The Kier molecular flexibility index (Phi) is 4.54. The minimum Gasteiger partial charge on any atom is -0.463 e. The highest BCUT2D eigenvalue weighted by atomic mass is 16.5. The van der Waals surface area contributed by atoms with Crippen LogP contribution in [-0.4, -0.2) is 29.3 Å². The van der Waals surface area contributed by atoms with Gasteiger partial charge in [-0.3, -0.25) is 4.79 Å². The van der Waals surface area contributed by atoms with Gasteiger partial charge in [-0.1, -0.05) is 19.3 Å². The van der Waals surface area contributed by atoms with Crippen LogP contribution in [0.1, 0.15) is 45.4 Å². The smallest absolute Gasteiger partial charge is 0.307 e. The summed E-state index contributed by atoms with van der Waals surface area (Å²) in [5.74, 6) is -0.291. The first-order valence-corrected chi connectivity index (χ1v) is 5.64. The van der Waals surface area contributed by atoms with Gasteiger partial charge >= 0.3 is 5.97 Å². The number of hydrogen-bond donors (Lipinski definition) is 2. The maximum Gasteiger partial charge on any atom is 0.307 e. The van der Waals surface area contributed by atoms with Crippen molar-refractivity contribution >= 4 is 5.97 Å². The Morgan fingerprint density at radius 2 is 2.07 bits per heavy atom. The molecule has 0 heterocycles. The van der Waals surface area contributed by atoms with Crippen LogP contribution >= 0.6 is 0 Å². The van der Waals surface area contributed by atoms with Crippen LogP contribution in [0, 0.1) is 0 Å². The van der Waals surface area contributed by atoms with Crippen molar-refractivity contribution in [1.29, 1.82) is 0 Å². The van der Waals surface area contributed by atoms with Crippen molar-refractivity contribution in [3.05, 3.63) is 0 Å². The Labute approximate surface area is 90.8 Å². The molecule has 1 aliphatic carbocycles. The standard InChI is InChI=1S/C11H21NO3/c1-9(13)8-15-10(14)7-11(12)5-3-2-4-6-11/h9,13H,2-8,12H2,1H3. The predicted molar refractivity (Wildman–Crippen MR) is 57.3 cm³/mol. The van der Waals surface area contributed by atoms with E-state index in [1.54, 1.807) is 6.92 Å². The molecule has 0 aromatic heterocycles. The van der Waals surface area contributed by atoms with Crippen LogP contribution in [-0.2, 0) is 9.53 Å². The molecule has 1 atom stereocenters. The molecule has 0 spiro atoms. The first-order valence-electron chi connectivity index (χ1n) is 5.64. The monoisotopic (exact) mass is 215 g/mol. The summed E-state index contributed by atoms with van der Waals surface area (Å²) in [6.07, 6.45) is 4.88. The number of carbonyl (C=O) groups excluding carboxylic acids is 1. The molecular weight excluding hydrogens is 194 g/mol. The summed E-state index contributed by atoms with van der Waals surface area (Å²) in [5, 5.41) is 8.96. The van der Waals surface area contributed by atoms with Gasteiger partial charge in [0.05, 0.1) is 12.5 Å². The molecule has 1 saturated carbocycles. The van der Waals surface area contributed by atoms with Gasteiger partial charge in [0.25, 0.3) is 0 Å². The van der Waals surface area contributed by atoms with E-state index in [1.807, 2.05) is 0 Å². The third-order valence-electron chi connectivity index (χ3n) is 2.83. The number of aliphatic hydroxyl groups is 1. The number of ether oxygens (including phenoxy) is 1. The molecule has 0 amide bonds. The van der Waals surface area contributed by atoms with E-state index in [2.05, 4.69) is 0 Å². The topological polar surface area (TPSA) is 72.5 Å². The second-order valence-electron chi connectivity index (χ2n) is 4.63. The molecule has 0 radical (unpaired) electrons. The summed E-state index contributed by atoms with van der Waals surface area (Å²) in [5.41, 5.74) is 5.74. The molecule has 4 heteroatoms. The first-order chi connectivity index (χ1) is 7.02. The van der Waals surface area contributed by atoms with Crippen LogP contribution in [0.3, 0.4) is 0 Å². The highest BCUT2D eigenvalue weighted by Gasteiger charge is 2.30. The summed E-state index contributed by atoms with van der Waals surface area (Å²) in [6, 6.07) is 0. The van der Waals surface area contributed by atoms with Crippen molar-refractivity contribution < 1.29 is 14.6 Å². The molecule has 1 rings (SSSR count). The zero-order chi connectivity index (χ0) is 11.3. The highest BCUT2D eigenvalue weighted by molar-refractivity contribution is 5.70. The number of hydrogen-bond acceptors (Lipinski definition) is 4. The van der Waals surface area contributed by atoms with E-state index in [-0.39, 0.29) is 24.5 Å². The molecule has 15 heavy (non-hydrogen) atoms. The van der Waals surface area contributed by atoms with Crippen LogP contribution in [0.4, 0.5) is 0 Å². The molecule has 0 saturated heterocycles. The van der Waals surface area contributed by atoms with E-state index in [4.69, 9.17) is 15.6 Å². The Hall–Kier alpha value is -0.610. The molecule has 1 unspecified atom stereocenters. The van der Waals surface area contributed by atoms with Gasteiger partial charge in [0.15, 0.2) is 0 Å². The Morgan fingerprint density at radius 3 is 2.60 bits per heavy atom. The fraction of sp³-hybridized carbons (Fsp3) is 0.909. The normalized spacial score (nSPS) is 22.1. The van der Waals surface area contributed by atoms with Gasteiger partial charge in [0.2, 0.25) is 0 Å². The second-order valence-corrected chi connectivity index (χ2v) is 4.63. The van der Waals surface area contributed by atoms with E-state index in [0.717, 1.165) is 25.7 Å². The highest BCUT2D eigenvalue weighted by Crippen LogP contribution is 2.28. The first kappa shape index (κ1) is 12.5. The maximum absolute atomic E-state index is 11.4. The fourth-order valence-corrected chi connectivity index (χ4v) is 1.98. The molecule has 0 aromatic rings. The SMILES string of the molecule is CC(O)COC(=O)CC1(N)CCCCC1. The zero-order valence-electron chi connectivity index (χ0n) is 9.37. The fourth-order valence-electron chi connectivity index (χ4n) is 1.98. The van der Waals surface area contributed by atoms with Gasteiger partial charge in [-0.2, -0.15) is 0 Å². The summed E-state index contributed by atoms with van der Waals surface area (Å²) < 4.78 is 4.90. The minimum atomic E-state index is -0.603. The molecule has 88 valence electrons. The Morgan fingerprint density at radius 1 is 1.47 bits per heavy atom. The third kappa shape index (κ3) is 4.62. The number of carbonyl (C=O) groups is 1. The van der Waals surface area contributed by atoms with Crippen molar-refractivity contribution in [3.63, 3.8) is 0 Å². The van der Waals surface area contributed by atoms with Gasteiger partial charge in [0.1, 0.15) is 6.61 Å². The largest absolute Gasteiger partial charge is 0.463 e. The van der Waals surface area contributed by atoms with Crippen molar-refractivity contribution in [3.8, 4) is 0 Å². The number of aliphatic hydroxyl groups excluding tert-OH is 1. The van der Waals surface area contributed by atoms with Crippen LogP contribution in [0.25, 0.3) is 0 Å². The lowest BCUT2D eigenvalue weighted by Crippen LogP contribution is -2.44. The number of esters is 1. The summed E-state index contributed by atoms with van der Waals surface area (Å²) in [6.45, 7) is 1.65. The van der Waals surface area contributed by atoms with E-state index >= 15 is 0 Å². The number of rotatable bonds is 4. The molecule has 0 bridgehead atoms. The zero-order valence-corrected chi connectivity index (χ0v) is 9.37. The van der Waals surface area contributed by atoms with E-state index in [0.29, 0.717) is 0 Å². The van der Waals surface area contributed by atoms with Crippen LogP contribution < -0.4 is 5.73 Å². The van der Waals surface area contributed by atoms with Crippen molar-refractivity contribution in [2.45, 2.75) is 57.1 Å². The Balaban J connectivity index is 2.29. The lowest BCUT2D eigenvalue weighted by molar-refractivity contribution is -0.148. The van der Waals surface area contributed by atoms with Gasteiger partial charge in [-0.05, 0) is 19.8 Å². The van der Waals surface area contributed by atoms with Gasteiger partial charge in [-0.15, -0.1) is 0 Å². The summed E-state index contributed by atoms with van der Waals surface area (Å²) in [7, 11) is 0. The van der Waals surface area contributed by atoms with Gasteiger partial charge in [-0.25, -0.2) is 0 Å². The van der Waals surface area contributed by atoms with Crippen LogP contribution in [0.15, 0.2) is 0 Å².